The summed E-state index contributed by atoms with van der Waals surface area (Å²) in [6, 6.07) is 17.9. The number of carbonyl (C=O) groups is 1. The first kappa shape index (κ1) is 16.8. The average Bonchev–Trinajstić information content (AvgIpc) is 2.59. The van der Waals surface area contributed by atoms with Crippen LogP contribution in [0.2, 0.25) is 0 Å². The van der Waals surface area contributed by atoms with E-state index in [2.05, 4.69) is 17.4 Å². The molecule has 0 aliphatic heterocycles. The number of hydrogen-bond donors (Lipinski definition) is 1. The SMILES string of the molecule is CCOc1ccc(CCCNC(=O)/C=C/c2ccccc2)cc1. The number of hydrogen-bond acceptors (Lipinski definition) is 2. The van der Waals surface area contributed by atoms with E-state index in [0.717, 1.165) is 24.2 Å². The van der Waals surface area contributed by atoms with Crippen molar-refractivity contribution in [2.24, 2.45) is 0 Å². The van der Waals surface area contributed by atoms with Gasteiger partial charge in [0.1, 0.15) is 5.75 Å². The molecule has 0 aromatic heterocycles. The van der Waals surface area contributed by atoms with Crippen molar-refractivity contribution in [1.29, 1.82) is 0 Å². The minimum Gasteiger partial charge on any atom is -0.494 e. The Balaban J connectivity index is 1.66. The maximum atomic E-state index is 11.7. The van der Waals surface area contributed by atoms with Crippen molar-refractivity contribution in [3.05, 3.63) is 71.8 Å². The molecular weight excluding hydrogens is 286 g/mol. The number of carbonyl (C=O) groups excluding carboxylic acids is 1. The van der Waals surface area contributed by atoms with Crippen molar-refractivity contribution in [3.63, 3.8) is 0 Å². The molecule has 1 amide bonds. The molecule has 0 aliphatic carbocycles. The van der Waals surface area contributed by atoms with Gasteiger partial charge in [-0.2, -0.15) is 0 Å². The van der Waals surface area contributed by atoms with Crippen LogP contribution >= 0.6 is 0 Å². The largest absolute Gasteiger partial charge is 0.494 e. The van der Waals surface area contributed by atoms with E-state index in [4.69, 9.17) is 4.74 Å². The molecule has 3 heteroatoms. The van der Waals surface area contributed by atoms with Crippen molar-refractivity contribution in [3.8, 4) is 5.75 Å². The van der Waals surface area contributed by atoms with Crippen molar-refractivity contribution in [2.75, 3.05) is 13.2 Å². The highest BCUT2D eigenvalue weighted by Crippen LogP contribution is 2.13. The van der Waals surface area contributed by atoms with E-state index in [0.29, 0.717) is 13.2 Å². The van der Waals surface area contributed by atoms with Gasteiger partial charge in [0, 0.05) is 12.6 Å². The van der Waals surface area contributed by atoms with Gasteiger partial charge in [0.15, 0.2) is 0 Å². The summed E-state index contributed by atoms with van der Waals surface area (Å²) in [7, 11) is 0. The highest BCUT2D eigenvalue weighted by atomic mass is 16.5. The van der Waals surface area contributed by atoms with Gasteiger partial charge in [-0.25, -0.2) is 0 Å². The predicted molar refractivity (Wildman–Crippen MR) is 94.4 cm³/mol. The second kappa shape index (κ2) is 9.46. The molecule has 23 heavy (non-hydrogen) atoms. The van der Waals surface area contributed by atoms with Crippen molar-refractivity contribution in [2.45, 2.75) is 19.8 Å². The molecule has 0 saturated heterocycles. The molecular formula is C20H23NO2. The Morgan fingerprint density at radius 3 is 2.52 bits per heavy atom. The van der Waals surface area contributed by atoms with Gasteiger partial charge < -0.3 is 10.1 Å². The Kier molecular flexibility index (Phi) is 6.92. The van der Waals surface area contributed by atoms with Crippen molar-refractivity contribution < 1.29 is 9.53 Å². The Bertz CT molecular complexity index is 618. The first-order chi connectivity index (χ1) is 11.3. The topological polar surface area (TPSA) is 38.3 Å². The van der Waals surface area contributed by atoms with Gasteiger partial charge >= 0.3 is 0 Å². The number of rotatable bonds is 8. The molecule has 1 N–H and O–H groups in total. The molecule has 0 saturated carbocycles. The summed E-state index contributed by atoms with van der Waals surface area (Å²) < 4.78 is 5.42. The zero-order valence-electron chi connectivity index (χ0n) is 13.5. The van der Waals surface area contributed by atoms with Crippen LogP contribution < -0.4 is 10.1 Å². The molecule has 0 heterocycles. The van der Waals surface area contributed by atoms with Crippen LogP contribution in [0.1, 0.15) is 24.5 Å². The normalized spacial score (nSPS) is 10.7. The highest BCUT2D eigenvalue weighted by molar-refractivity contribution is 5.91. The summed E-state index contributed by atoms with van der Waals surface area (Å²) >= 11 is 0. The van der Waals surface area contributed by atoms with Gasteiger partial charge in [0.05, 0.1) is 6.61 Å². The summed E-state index contributed by atoms with van der Waals surface area (Å²) in [6.45, 7) is 3.33. The van der Waals surface area contributed by atoms with Gasteiger partial charge in [-0.15, -0.1) is 0 Å². The quantitative estimate of drug-likeness (QED) is 0.594. The monoisotopic (exact) mass is 309 g/mol. The third kappa shape index (κ3) is 6.39. The minimum atomic E-state index is -0.0550. The molecule has 0 bridgehead atoms. The van der Waals surface area contributed by atoms with Crippen molar-refractivity contribution >= 4 is 12.0 Å². The van der Waals surface area contributed by atoms with Crippen LogP contribution in [0.3, 0.4) is 0 Å². The minimum absolute atomic E-state index is 0.0550. The van der Waals surface area contributed by atoms with Crippen LogP contribution in [0.5, 0.6) is 5.75 Å². The van der Waals surface area contributed by atoms with E-state index in [1.807, 2.05) is 55.5 Å². The first-order valence-corrected chi connectivity index (χ1v) is 8.00. The molecule has 0 fully saturated rings. The lowest BCUT2D eigenvalue weighted by atomic mass is 10.1. The van der Waals surface area contributed by atoms with E-state index in [1.165, 1.54) is 5.56 Å². The Labute approximate surface area is 138 Å². The summed E-state index contributed by atoms with van der Waals surface area (Å²) in [5, 5.41) is 2.90. The first-order valence-electron chi connectivity index (χ1n) is 8.00. The molecule has 2 rings (SSSR count). The van der Waals surface area contributed by atoms with Crippen LogP contribution in [0.4, 0.5) is 0 Å². The molecule has 0 radical (unpaired) electrons. The zero-order chi connectivity index (χ0) is 16.3. The lowest BCUT2D eigenvalue weighted by molar-refractivity contribution is -0.116. The molecule has 3 nitrogen and oxygen atoms in total. The summed E-state index contributed by atoms with van der Waals surface area (Å²) in [6.07, 6.45) is 5.25. The lowest BCUT2D eigenvalue weighted by Crippen LogP contribution is -2.22. The summed E-state index contributed by atoms with van der Waals surface area (Å²) in [5.41, 5.74) is 2.28. The van der Waals surface area contributed by atoms with Gasteiger partial charge in [-0.3, -0.25) is 4.79 Å². The van der Waals surface area contributed by atoms with Crippen LogP contribution in [0.15, 0.2) is 60.7 Å². The molecule has 0 atom stereocenters. The fraction of sp³-hybridized carbons (Fsp3) is 0.250. The van der Waals surface area contributed by atoms with E-state index < -0.39 is 0 Å². The maximum Gasteiger partial charge on any atom is 0.243 e. The fourth-order valence-electron chi connectivity index (χ4n) is 2.22. The van der Waals surface area contributed by atoms with Crippen LogP contribution in [-0.4, -0.2) is 19.1 Å². The molecule has 0 unspecified atom stereocenters. The second-order valence-corrected chi connectivity index (χ2v) is 5.22. The second-order valence-electron chi connectivity index (χ2n) is 5.22. The molecule has 2 aromatic carbocycles. The number of ether oxygens (including phenoxy) is 1. The van der Waals surface area contributed by atoms with Crippen molar-refractivity contribution in [1.82, 2.24) is 5.32 Å². The number of benzene rings is 2. The van der Waals surface area contributed by atoms with Gasteiger partial charge in [-0.1, -0.05) is 42.5 Å². The van der Waals surface area contributed by atoms with Crippen LogP contribution in [0, 0.1) is 0 Å². The van der Waals surface area contributed by atoms with E-state index >= 15 is 0 Å². The summed E-state index contributed by atoms with van der Waals surface area (Å²) in [4.78, 5) is 11.7. The Morgan fingerprint density at radius 2 is 1.83 bits per heavy atom. The Morgan fingerprint density at radius 1 is 1.09 bits per heavy atom. The predicted octanol–water partition coefficient (Wildman–Crippen LogP) is 3.85. The molecule has 0 spiro atoms. The fourth-order valence-corrected chi connectivity index (χ4v) is 2.22. The third-order valence-corrected chi connectivity index (χ3v) is 3.40. The number of aryl methyl sites for hydroxylation is 1. The van der Waals surface area contributed by atoms with E-state index in [9.17, 15) is 4.79 Å². The molecule has 0 aliphatic rings. The van der Waals surface area contributed by atoms with Gasteiger partial charge in [0.2, 0.25) is 5.91 Å². The average molecular weight is 309 g/mol. The standard InChI is InChI=1S/C20H23NO2/c1-2-23-19-13-10-18(11-14-19)9-6-16-21-20(22)15-12-17-7-4-3-5-8-17/h3-5,7-8,10-15H,2,6,9,16H2,1H3,(H,21,22)/b15-12+. The van der Waals surface area contributed by atoms with Gasteiger partial charge in [-0.05, 0) is 49.1 Å². The number of amides is 1. The highest BCUT2D eigenvalue weighted by Gasteiger charge is 1.98. The maximum absolute atomic E-state index is 11.7. The molecule has 2 aromatic rings. The van der Waals surface area contributed by atoms with Gasteiger partial charge in [0.25, 0.3) is 0 Å². The third-order valence-electron chi connectivity index (χ3n) is 3.40. The Hall–Kier alpha value is -2.55. The smallest absolute Gasteiger partial charge is 0.243 e. The van der Waals surface area contributed by atoms with Crippen LogP contribution in [-0.2, 0) is 11.2 Å². The number of nitrogens with one attached hydrogen (secondary N) is 1. The summed E-state index contributed by atoms with van der Waals surface area (Å²) in [5.74, 6) is 0.844. The van der Waals surface area contributed by atoms with E-state index in [-0.39, 0.29) is 5.91 Å². The van der Waals surface area contributed by atoms with E-state index in [1.54, 1.807) is 6.08 Å². The molecule has 120 valence electrons. The lowest BCUT2D eigenvalue weighted by Gasteiger charge is -2.05. The zero-order valence-corrected chi connectivity index (χ0v) is 13.5. The van der Waals surface area contributed by atoms with Crippen LogP contribution in [0.25, 0.3) is 6.08 Å².